The van der Waals surface area contributed by atoms with Gasteiger partial charge in [0.25, 0.3) is 5.89 Å². The number of hydrogen-bond acceptors (Lipinski definition) is 10. The van der Waals surface area contributed by atoms with E-state index in [1.165, 1.54) is 24.5 Å². The number of nitrogens with one attached hydrogen (secondary N) is 1. The highest BCUT2D eigenvalue weighted by molar-refractivity contribution is 5.52. The summed E-state index contributed by atoms with van der Waals surface area (Å²) >= 11 is 0. The summed E-state index contributed by atoms with van der Waals surface area (Å²) in [7, 11) is 0. The molecular weight excluding hydrogens is 515 g/mol. The van der Waals surface area contributed by atoms with Crippen LogP contribution in [0.25, 0.3) is 11.5 Å². The fourth-order valence-electron chi connectivity index (χ4n) is 4.70. The number of nitrogens with zero attached hydrogens (tertiary/aromatic N) is 7. The van der Waals surface area contributed by atoms with Gasteiger partial charge in [0.15, 0.2) is 11.6 Å². The molecule has 15 heteroatoms. The molecule has 0 spiro atoms. The van der Waals surface area contributed by atoms with Crippen molar-refractivity contribution in [3.63, 3.8) is 0 Å². The summed E-state index contributed by atoms with van der Waals surface area (Å²) < 4.78 is 75.7. The first-order valence-corrected chi connectivity index (χ1v) is 11.8. The number of rotatable bonds is 5. The van der Waals surface area contributed by atoms with Gasteiger partial charge in [-0.15, -0.1) is 15.3 Å². The molecule has 0 amide bonds. The van der Waals surface area contributed by atoms with Crippen LogP contribution in [0.3, 0.4) is 0 Å². The van der Waals surface area contributed by atoms with Crippen LogP contribution >= 0.6 is 0 Å². The van der Waals surface area contributed by atoms with Crippen molar-refractivity contribution in [3.05, 3.63) is 59.1 Å². The highest BCUT2D eigenvalue weighted by Crippen LogP contribution is 2.34. The van der Waals surface area contributed by atoms with Gasteiger partial charge in [0.1, 0.15) is 0 Å². The first-order chi connectivity index (χ1) is 18.2. The standard InChI is InChI=1S/C23H19F5N8O2/c24-16-7-12-5-15(6-13(12)8-17(16)25)31-21-29-9-14(10-30-21)19-33-35-22(38-19)36-3-1-11(2-4-36)18-32-34-20(37-18)23(26,27)28/h7-11,15H,1-6H2,(H,29,30,31). The van der Waals surface area contributed by atoms with E-state index in [0.29, 0.717) is 50.3 Å². The molecule has 1 aliphatic heterocycles. The summed E-state index contributed by atoms with van der Waals surface area (Å²) in [5.41, 5.74) is 2.00. The molecular formula is C23H19F5N8O2. The molecule has 6 rings (SSSR count). The predicted octanol–water partition coefficient (Wildman–Crippen LogP) is 4.17. The van der Waals surface area contributed by atoms with Gasteiger partial charge >= 0.3 is 18.1 Å². The van der Waals surface area contributed by atoms with E-state index in [2.05, 4.69) is 35.7 Å². The van der Waals surface area contributed by atoms with E-state index in [1.54, 1.807) is 0 Å². The van der Waals surface area contributed by atoms with Crippen molar-refractivity contribution < 1.29 is 30.8 Å². The van der Waals surface area contributed by atoms with Crippen LogP contribution in [0.2, 0.25) is 0 Å². The summed E-state index contributed by atoms with van der Waals surface area (Å²) in [6.45, 7) is 0.903. The van der Waals surface area contributed by atoms with E-state index in [0.717, 1.165) is 11.1 Å². The van der Waals surface area contributed by atoms with E-state index < -0.39 is 23.7 Å². The third kappa shape index (κ3) is 4.75. The molecule has 38 heavy (non-hydrogen) atoms. The lowest BCUT2D eigenvalue weighted by Gasteiger charge is -2.28. The molecule has 0 radical (unpaired) electrons. The van der Waals surface area contributed by atoms with E-state index in [-0.39, 0.29) is 29.8 Å². The zero-order valence-electron chi connectivity index (χ0n) is 19.5. The van der Waals surface area contributed by atoms with Crippen molar-refractivity contribution in [2.45, 2.75) is 43.8 Å². The van der Waals surface area contributed by atoms with Crippen LogP contribution < -0.4 is 10.2 Å². The number of benzene rings is 1. The molecule has 4 heterocycles. The van der Waals surface area contributed by atoms with Gasteiger partial charge in [0.05, 0.1) is 5.56 Å². The van der Waals surface area contributed by atoms with Gasteiger partial charge in [0, 0.05) is 37.4 Å². The lowest BCUT2D eigenvalue weighted by molar-refractivity contribution is -0.157. The second kappa shape index (κ2) is 9.29. The van der Waals surface area contributed by atoms with Gasteiger partial charge in [-0.2, -0.15) is 13.2 Å². The average Bonchev–Trinajstić information content (AvgIpc) is 3.65. The second-order valence-corrected chi connectivity index (χ2v) is 9.17. The van der Waals surface area contributed by atoms with Crippen molar-refractivity contribution in [2.75, 3.05) is 23.3 Å². The minimum atomic E-state index is -4.67. The molecule has 1 aromatic carbocycles. The van der Waals surface area contributed by atoms with Gasteiger partial charge in [-0.25, -0.2) is 18.7 Å². The number of hydrogen-bond donors (Lipinski definition) is 1. The van der Waals surface area contributed by atoms with Crippen LogP contribution in [0, 0.1) is 11.6 Å². The lowest BCUT2D eigenvalue weighted by atomic mass is 9.97. The first-order valence-electron chi connectivity index (χ1n) is 11.8. The number of halogens is 5. The number of aromatic nitrogens is 6. The Morgan fingerprint density at radius 3 is 2.13 bits per heavy atom. The molecule has 0 atom stereocenters. The molecule has 1 aliphatic carbocycles. The number of alkyl halides is 3. The number of fused-ring (bicyclic) bond motifs is 1. The van der Waals surface area contributed by atoms with Crippen LogP contribution in [0.15, 0.2) is 33.4 Å². The van der Waals surface area contributed by atoms with E-state index >= 15 is 0 Å². The van der Waals surface area contributed by atoms with Crippen LogP contribution in [-0.4, -0.2) is 49.5 Å². The molecule has 0 unspecified atom stereocenters. The molecule has 2 aliphatic rings. The SMILES string of the molecule is Fc1cc2c(cc1F)CC(Nc1ncc(-c3nnc(N4CCC(c5nnc(C(F)(F)F)o5)CC4)o3)cn1)C2. The zero-order chi connectivity index (χ0) is 26.4. The number of piperidine rings is 1. The minimum Gasteiger partial charge on any atom is -0.417 e. The van der Waals surface area contributed by atoms with Crippen molar-refractivity contribution in [1.82, 2.24) is 30.4 Å². The van der Waals surface area contributed by atoms with Crippen molar-refractivity contribution >= 4 is 12.0 Å². The van der Waals surface area contributed by atoms with Gasteiger partial charge in [-0.05, 0) is 48.9 Å². The molecule has 10 nitrogen and oxygen atoms in total. The average molecular weight is 534 g/mol. The van der Waals surface area contributed by atoms with Crippen LogP contribution in [0.5, 0.6) is 0 Å². The summed E-state index contributed by atoms with van der Waals surface area (Å²) in [5.74, 6) is -2.84. The summed E-state index contributed by atoms with van der Waals surface area (Å²) in [5, 5.41) is 17.9. The summed E-state index contributed by atoms with van der Waals surface area (Å²) in [6, 6.07) is 2.62. The Labute approximate surface area is 211 Å². The maximum Gasteiger partial charge on any atom is 0.470 e. The topological polar surface area (TPSA) is 119 Å². The monoisotopic (exact) mass is 534 g/mol. The van der Waals surface area contributed by atoms with Crippen LogP contribution in [-0.2, 0) is 19.0 Å². The molecule has 1 saturated heterocycles. The summed E-state index contributed by atoms with van der Waals surface area (Å²) in [4.78, 5) is 10.4. The van der Waals surface area contributed by atoms with Crippen LogP contribution in [0.1, 0.15) is 41.7 Å². The smallest absolute Gasteiger partial charge is 0.417 e. The lowest BCUT2D eigenvalue weighted by Crippen LogP contribution is -2.33. The first kappa shape index (κ1) is 24.2. The largest absolute Gasteiger partial charge is 0.470 e. The zero-order valence-corrected chi connectivity index (χ0v) is 19.5. The van der Waals surface area contributed by atoms with E-state index in [1.807, 2.05) is 4.90 Å². The molecule has 1 fully saturated rings. The molecule has 198 valence electrons. The fourth-order valence-corrected chi connectivity index (χ4v) is 4.70. The van der Waals surface area contributed by atoms with E-state index in [9.17, 15) is 22.0 Å². The number of anilines is 2. The van der Waals surface area contributed by atoms with Gasteiger partial charge in [0.2, 0.25) is 11.8 Å². The maximum absolute atomic E-state index is 13.5. The summed E-state index contributed by atoms with van der Waals surface area (Å²) in [6.07, 6.45) is 0.376. The van der Waals surface area contributed by atoms with E-state index in [4.69, 9.17) is 8.83 Å². The van der Waals surface area contributed by atoms with Gasteiger partial charge in [-0.1, -0.05) is 5.10 Å². The second-order valence-electron chi connectivity index (χ2n) is 9.17. The quantitative estimate of drug-likeness (QED) is 0.374. The van der Waals surface area contributed by atoms with Crippen molar-refractivity contribution in [3.8, 4) is 11.5 Å². The third-order valence-corrected chi connectivity index (χ3v) is 6.62. The molecule has 0 bridgehead atoms. The molecule has 0 saturated carbocycles. The normalized spacial score (nSPS) is 16.7. The molecule has 1 N–H and O–H groups in total. The van der Waals surface area contributed by atoms with Crippen molar-refractivity contribution in [2.24, 2.45) is 0 Å². The predicted molar refractivity (Wildman–Crippen MR) is 120 cm³/mol. The third-order valence-electron chi connectivity index (χ3n) is 6.62. The molecule has 3 aromatic heterocycles. The van der Waals surface area contributed by atoms with Crippen molar-refractivity contribution in [1.29, 1.82) is 0 Å². The Hall–Kier alpha value is -4.17. The minimum absolute atomic E-state index is 0.0325. The Morgan fingerprint density at radius 1 is 0.868 bits per heavy atom. The highest BCUT2D eigenvalue weighted by atomic mass is 19.4. The molecule has 4 aromatic rings. The Bertz CT molecular complexity index is 1420. The fraction of sp³-hybridized carbons (Fsp3) is 0.391. The van der Waals surface area contributed by atoms with Gasteiger partial charge in [-0.3, -0.25) is 0 Å². The Morgan fingerprint density at radius 2 is 1.53 bits per heavy atom. The van der Waals surface area contributed by atoms with Gasteiger partial charge < -0.3 is 19.1 Å². The highest BCUT2D eigenvalue weighted by Gasteiger charge is 2.39. The van der Waals surface area contributed by atoms with Crippen LogP contribution in [0.4, 0.5) is 33.9 Å². The maximum atomic E-state index is 13.5. The Balaban J connectivity index is 1.05. The Kier molecular flexibility index (Phi) is 5.91.